The van der Waals surface area contributed by atoms with Crippen LogP contribution in [0.25, 0.3) is 0 Å². The lowest BCUT2D eigenvalue weighted by Gasteiger charge is -2.14. The zero-order valence-corrected chi connectivity index (χ0v) is 14.4. The molecular formula is C14H6ClF10N3O. The maximum absolute atomic E-state index is 13.7. The molecule has 2 rings (SSSR count). The molecule has 0 saturated heterocycles. The number of alkyl halides is 6. The van der Waals surface area contributed by atoms with Crippen LogP contribution in [-0.2, 0) is 23.7 Å². The topological polar surface area (TPSA) is 46.9 Å². The van der Waals surface area contributed by atoms with Crippen LogP contribution in [0.1, 0.15) is 17.0 Å². The van der Waals surface area contributed by atoms with Crippen LogP contribution < -0.4 is 5.32 Å². The minimum Gasteiger partial charge on any atom is -0.319 e. The third-order valence-electron chi connectivity index (χ3n) is 3.51. The first kappa shape index (κ1) is 22.8. The molecule has 0 aliphatic heterocycles. The Hall–Kier alpha value is -2.51. The molecule has 0 fully saturated rings. The average molecular weight is 458 g/mol. The number of hydrogen-bond acceptors (Lipinski definition) is 2. The van der Waals surface area contributed by atoms with Crippen LogP contribution in [0.2, 0.25) is 5.02 Å². The van der Waals surface area contributed by atoms with E-state index in [1.807, 2.05) is 0 Å². The lowest BCUT2D eigenvalue weighted by atomic mass is 10.1. The van der Waals surface area contributed by atoms with Crippen LogP contribution in [0.4, 0.5) is 49.6 Å². The molecule has 1 aromatic heterocycles. The molecule has 29 heavy (non-hydrogen) atoms. The van der Waals surface area contributed by atoms with E-state index in [-0.39, 0.29) is 5.69 Å². The Bertz CT molecular complexity index is 951. The SMILES string of the molecule is Cc1c(Cl)c(C(F)(F)F)nn1CC(=O)Nc1c(F)c(F)c(C(F)(F)F)c(F)c1F. The minimum absolute atomic E-state index is 0.368. The van der Waals surface area contributed by atoms with Gasteiger partial charge in [-0.2, -0.15) is 31.4 Å². The van der Waals surface area contributed by atoms with Crippen LogP contribution >= 0.6 is 11.6 Å². The summed E-state index contributed by atoms with van der Waals surface area (Å²) < 4.78 is 131. The number of halogens is 11. The van der Waals surface area contributed by atoms with Gasteiger partial charge in [-0.1, -0.05) is 11.6 Å². The van der Waals surface area contributed by atoms with Gasteiger partial charge in [-0.05, 0) is 6.92 Å². The molecular weight excluding hydrogens is 452 g/mol. The van der Waals surface area contributed by atoms with E-state index in [2.05, 4.69) is 5.10 Å². The number of nitrogens with zero attached hydrogens (tertiary/aromatic N) is 2. The van der Waals surface area contributed by atoms with Gasteiger partial charge in [0.15, 0.2) is 29.0 Å². The fourth-order valence-electron chi connectivity index (χ4n) is 2.16. The van der Waals surface area contributed by atoms with E-state index in [0.29, 0.717) is 4.68 Å². The second kappa shape index (κ2) is 7.39. The van der Waals surface area contributed by atoms with Crippen molar-refractivity contribution in [2.24, 2.45) is 0 Å². The number of aromatic nitrogens is 2. The molecule has 1 N–H and O–H groups in total. The lowest BCUT2D eigenvalue weighted by Crippen LogP contribution is -2.24. The summed E-state index contributed by atoms with van der Waals surface area (Å²) in [5, 5.41) is 3.38. The third-order valence-corrected chi connectivity index (χ3v) is 3.96. The summed E-state index contributed by atoms with van der Waals surface area (Å²) in [6, 6.07) is 0. The van der Waals surface area contributed by atoms with E-state index in [9.17, 15) is 48.7 Å². The highest BCUT2D eigenvalue weighted by Gasteiger charge is 2.43. The predicted octanol–water partition coefficient (Wildman–Crippen LogP) is 5.08. The molecule has 0 spiro atoms. The van der Waals surface area contributed by atoms with Crippen LogP contribution in [0.5, 0.6) is 0 Å². The molecule has 0 unspecified atom stereocenters. The fourth-order valence-corrected chi connectivity index (χ4v) is 2.41. The first-order chi connectivity index (χ1) is 13.1. The van der Waals surface area contributed by atoms with Crippen molar-refractivity contribution in [1.29, 1.82) is 0 Å². The number of hydrogen-bond donors (Lipinski definition) is 1. The molecule has 1 heterocycles. The van der Waals surface area contributed by atoms with Crippen LogP contribution in [0.3, 0.4) is 0 Å². The predicted molar refractivity (Wildman–Crippen MR) is 76.9 cm³/mol. The zero-order chi connectivity index (χ0) is 22.5. The number of benzene rings is 1. The smallest absolute Gasteiger partial charge is 0.319 e. The maximum Gasteiger partial charge on any atom is 0.436 e. The molecule has 0 aliphatic carbocycles. The quantitative estimate of drug-likeness (QED) is 0.516. The molecule has 2 aromatic rings. The monoisotopic (exact) mass is 457 g/mol. The molecule has 0 radical (unpaired) electrons. The van der Waals surface area contributed by atoms with Crippen molar-refractivity contribution in [3.63, 3.8) is 0 Å². The molecule has 160 valence electrons. The van der Waals surface area contributed by atoms with Crippen molar-refractivity contribution >= 4 is 23.2 Å². The van der Waals surface area contributed by atoms with E-state index in [1.165, 1.54) is 5.32 Å². The summed E-state index contributed by atoms with van der Waals surface area (Å²) in [4.78, 5) is 11.8. The van der Waals surface area contributed by atoms with Crippen LogP contribution in [0.15, 0.2) is 0 Å². The Morgan fingerprint density at radius 2 is 1.45 bits per heavy atom. The van der Waals surface area contributed by atoms with Gasteiger partial charge < -0.3 is 5.32 Å². The van der Waals surface area contributed by atoms with Gasteiger partial charge in [-0.25, -0.2) is 17.6 Å². The highest BCUT2D eigenvalue weighted by atomic mass is 35.5. The Kier molecular flexibility index (Phi) is 5.80. The third kappa shape index (κ3) is 4.26. The molecule has 0 saturated carbocycles. The van der Waals surface area contributed by atoms with Crippen molar-refractivity contribution in [3.05, 3.63) is 45.2 Å². The zero-order valence-electron chi connectivity index (χ0n) is 13.7. The van der Waals surface area contributed by atoms with Gasteiger partial charge in [-0.15, -0.1) is 0 Å². The van der Waals surface area contributed by atoms with Gasteiger partial charge in [-0.3, -0.25) is 9.48 Å². The molecule has 4 nitrogen and oxygen atoms in total. The average Bonchev–Trinajstić information content (AvgIpc) is 2.84. The molecule has 1 aromatic carbocycles. The Balaban J connectivity index is 2.38. The van der Waals surface area contributed by atoms with Crippen molar-refractivity contribution in [3.8, 4) is 0 Å². The number of nitrogens with one attached hydrogen (secondary N) is 1. The van der Waals surface area contributed by atoms with Crippen LogP contribution in [-0.4, -0.2) is 15.7 Å². The molecule has 1 amide bonds. The summed E-state index contributed by atoms with van der Waals surface area (Å²) >= 11 is 5.43. The first-order valence-corrected chi connectivity index (χ1v) is 7.48. The van der Waals surface area contributed by atoms with Crippen molar-refractivity contribution < 1.29 is 48.7 Å². The number of carbonyl (C=O) groups excluding carboxylic acids is 1. The number of carbonyl (C=O) groups is 1. The second-order valence-corrected chi connectivity index (χ2v) is 5.83. The van der Waals surface area contributed by atoms with Gasteiger partial charge in [0.25, 0.3) is 0 Å². The summed E-state index contributed by atoms with van der Waals surface area (Å²) in [6.07, 6.45) is -10.8. The largest absolute Gasteiger partial charge is 0.436 e. The van der Waals surface area contributed by atoms with E-state index >= 15 is 0 Å². The summed E-state index contributed by atoms with van der Waals surface area (Å²) in [5.74, 6) is -12.3. The Morgan fingerprint density at radius 3 is 1.83 bits per heavy atom. The van der Waals surface area contributed by atoms with Crippen LogP contribution in [0, 0.1) is 30.2 Å². The lowest BCUT2D eigenvalue weighted by molar-refractivity contribution is -0.143. The summed E-state index contributed by atoms with van der Waals surface area (Å²) in [5.41, 5.74) is -6.71. The number of amides is 1. The molecule has 0 atom stereocenters. The summed E-state index contributed by atoms with van der Waals surface area (Å²) in [7, 11) is 0. The highest BCUT2D eigenvalue weighted by molar-refractivity contribution is 6.32. The van der Waals surface area contributed by atoms with E-state index < -0.39 is 70.0 Å². The minimum atomic E-state index is -5.78. The maximum atomic E-state index is 13.7. The normalized spacial score (nSPS) is 12.4. The molecule has 0 bridgehead atoms. The second-order valence-electron chi connectivity index (χ2n) is 5.46. The Labute approximate surface area is 159 Å². The highest BCUT2D eigenvalue weighted by Crippen LogP contribution is 2.39. The van der Waals surface area contributed by atoms with E-state index in [0.717, 1.165) is 6.92 Å². The van der Waals surface area contributed by atoms with Gasteiger partial charge in [0, 0.05) is 0 Å². The van der Waals surface area contributed by atoms with Crippen molar-refractivity contribution in [2.45, 2.75) is 25.8 Å². The fraction of sp³-hybridized carbons (Fsp3) is 0.286. The van der Waals surface area contributed by atoms with E-state index in [1.54, 1.807) is 0 Å². The van der Waals surface area contributed by atoms with Gasteiger partial charge in [0.1, 0.15) is 17.8 Å². The molecule has 15 heteroatoms. The number of anilines is 1. The van der Waals surface area contributed by atoms with Gasteiger partial charge >= 0.3 is 12.4 Å². The number of rotatable bonds is 3. The Morgan fingerprint density at radius 1 is 0.966 bits per heavy atom. The van der Waals surface area contributed by atoms with Gasteiger partial charge in [0.05, 0.1) is 10.7 Å². The van der Waals surface area contributed by atoms with E-state index in [4.69, 9.17) is 11.6 Å². The van der Waals surface area contributed by atoms with Crippen molar-refractivity contribution in [1.82, 2.24) is 9.78 Å². The van der Waals surface area contributed by atoms with Gasteiger partial charge in [0.2, 0.25) is 5.91 Å². The molecule has 0 aliphatic rings. The first-order valence-electron chi connectivity index (χ1n) is 7.10. The standard InChI is InChI=1S/C14H6ClF10N3O/c1-3-6(15)12(14(23,24)25)27-28(3)2-4(29)26-11-9(18)7(16)5(13(20,21)22)8(17)10(11)19/h2H2,1H3,(H,26,29). The summed E-state index contributed by atoms with van der Waals surface area (Å²) in [6.45, 7) is -0.152. The van der Waals surface area contributed by atoms with Crippen molar-refractivity contribution in [2.75, 3.05) is 5.32 Å².